The molecule has 0 aliphatic rings. The summed E-state index contributed by atoms with van der Waals surface area (Å²) in [6.07, 6.45) is 2.00. The molecule has 1 aromatic rings. The van der Waals surface area contributed by atoms with Crippen molar-refractivity contribution in [3.05, 3.63) is 35.6 Å². The number of ether oxygens (including phenoxy) is 1. The van der Waals surface area contributed by atoms with Crippen LogP contribution in [0.3, 0.4) is 0 Å². The minimum Gasteiger partial charge on any atom is -0.467 e. The van der Waals surface area contributed by atoms with E-state index in [9.17, 15) is 18.8 Å². The predicted molar refractivity (Wildman–Crippen MR) is 95.7 cm³/mol. The molecule has 0 spiro atoms. The molecule has 0 aliphatic heterocycles. The first-order valence-corrected chi connectivity index (χ1v) is 8.64. The number of benzene rings is 1. The van der Waals surface area contributed by atoms with Gasteiger partial charge in [0.1, 0.15) is 17.9 Å². The van der Waals surface area contributed by atoms with Crippen LogP contribution in [0, 0.1) is 17.1 Å². The Morgan fingerprint density at radius 3 is 2.37 bits per heavy atom. The van der Waals surface area contributed by atoms with Crippen LogP contribution in [0.1, 0.15) is 38.2 Å². The van der Waals surface area contributed by atoms with Crippen LogP contribution >= 0.6 is 0 Å². The van der Waals surface area contributed by atoms with Gasteiger partial charge in [-0.1, -0.05) is 12.1 Å². The standard InChI is InChI=1S/C19H24FN3O4/c1-13(24)22-17(12-14-7-9-15(20)10-8-14)18(25)23-16(19(26)27-2)6-4-3-5-11-21/h7-10,16-17H,3-6,12H2,1-2H3,(H,22,24)(H,23,25)/t16-,17+/m0/s1. The second-order valence-electron chi connectivity index (χ2n) is 6.07. The maximum atomic E-state index is 13.0. The number of rotatable bonds is 10. The van der Waals surface area contributed by atoms with Crippen LogP contribution in [-0.2, 0) is 25.5 Å². The lowest BCUT2D eigenvalue weighted by Crippen LogP contribution is -2.52. The zero-order valence-electron chi connectivity index (χ0n) is 15.5. The molecule has 8 heteroatoms. The molecule has 0 saturated carbocycles. The molecule has 0 aliphatic carbocycles. The van der Waals surface area contributed by atoms with Crippen LogP contribution in [0.15, 0.2) is 24.3 Å². The van der Waals surface area contributed by atoms with Crippen molar-refractivity contribution in [3.63, 3.8) is 0 Å². The Labute approximate surface area is 157 Å². The zero-order chi connectivity index (χ0) is 20.2. The van der Waals surface area contributed by atoms with Crippen molar-refractivity contribution in [2.75, 3.05) is 7.11 Å². The minimum absolute atomic E-state index is 0.147. The summed E-state index contributed by atoms with van der Waals surface area (Å²) in [6.45, 7) is 1.28. The first kappa shape index (κ1) is 22.1. The minimum atomic E-state index is -0.917. The average molecular weight is 377 g/mol. The van der Waals surface area contributed by atoms with E-state index in [0.717, 1.165) is 0 Å². The van der Waals surface area contributed by atoms with Crippen LogP contribution in [0.2, 0.25) is 0 Å². The number of amides is 2. The molecule has 2 atom stereocenters. The van der Waals surface area contributed by atoms with E-state index < -0.39 is 35.7 Å². The van der Waals surface area contributed by atoms with Gasteiger partial charge in [-0.3, -0.25) is 9.59 Å². The largest absolute Gasteiger partial charge is 0.467 e. The molecule has 1 rings (SSSR count). The Bertz CT molecular complexity index is 685. The third-order valence-electron chi connectivity index (χ3n) is 3.88. The highest BCUT2D eigenvalue weighted by molar-refractivity contribution is 5.90. The lowest BCUT2D eigenvalue weighted by Gasteiger charge is -2.22. The van der Waals surface area contributed by atoms with Gasteiger partial charge in [-0.2, -0.15) is 5.26 Å². The van der Waals surface area contributed by atoms with E-state index in [1.54, 1.807) is 0 Å². The summed E-state index contributed by atoms with van der Waals surface area (Å²) in [5, 5.41) is 13.7. The van der Waals surface area contributed by atoms with Crippen LogP contribution in [0.25, 0.3) is 0 Å². The zero-order valence-corrected chi connectivity index (χ0v) is 15.5. The number of nitriles is 1. The number of hydrogen-bond donors (Lipinski definition) is 2. The fraction of sp³-hybridized carbons (Fsp3) is 0.474. The fourth-order valence-corrected chi connectivity index (χ4v) is 2.53. The Hall–Kier alpha value is -2.95. The smallest absolute Gasteiger partial charge is 0.328 e. The second kappa shape index (κ2) is 11.6. The molecule has 0 heterocycles. The third kappa shape index (κ3) is 8.31. The van der Waals surface area contributed by atoms with E-state index in [0.29, 0.717) is 31.2 Å². The number of unbranched alkanes of at least 4 members (excludes halogenated alkanes) is 2. The van der Waals surface area contributed by atoms with Gasteiger partial charge in [0.2, 0.25) is 11.8 Å². The van der Waals surface area contributed by atoms with Crippen molar-refractivity contribution >= 4 is 17.8 Å². The van der Waals surface area contributed by atoms with Gasteiger partial charge in [-0.15, -0.1) is 0 Å². The van der Waals surface area contributed by atoms with Gasteiger partial charge in [0.25, 0.3) is 0 Å². The van der Waals surface area contributed by atoms with Gasteiger partial charge in [0.15, 0.2) is 0 Å². The summed E-state index contributed by atoms with van der Waals surface area (Å²) >= 11 is 0. The van der Waals surface area contributed by atoms with Crippen molar-refractivity contribution in [1.82, 2.24) is 10.6 Å². The summed E-state index contributed by atoms with van der Waals surface area (Å²) in [4.78, 5) is 36.0. The lowest BCUT2D eigenvalue weighted by molar-refractivity contribution is -0.145. The number of carbonyl (C=O) groups is 3. The number of nitrogens with zero attached hydrogens (tertiary/aromatic N) is 1. The second-order valence-corrected chi connectivity index (χ2v) is 6.07. The molecule has 146 valence electrons. The molecule has 0 unspecified atom stereocenters. The summed E-state index contributed by atoms with van der Waals surface area (Å²) in [5.74, 6) is -1.93. The molecule has 0 radical (unpaired) electrons. The molecule has 27 heavy (non-hydrogen) atoms. The number of esters is 1. The monoisotopic (exact) mass is 377 g/mol. The molecule has 2 N–H and O–H groups in total. The van der Waals surface area contributed by atoms with Crippen molar-refractivity contribution < 1.29 is 23.5 Å². The quantitative estimate of drug-likeness (QED) is 0.476. The summed E-state index contributed by atoms with van der Waals surface area (Å²) in [5.41, 5.74) is 0.661. The Morgan fingerprint density at radius 1 is 1.15 bits per heavy atom. The lowest BCUT2D eigenvalue weighted by atomic mass is 10.0. The molecule has 0 saturated heterocycles. The Morgan fingerprint density at radius 2 is 1.81 bits per heavy atom. The van der Waals surface area contributed by atoms with E-state index in [2.05, 4.69) is 10.6 Å². The first-order valence-electron chi connectivity index (χ1n) is 8.64. The average Bonchev–Trinajstić information content (AvgIpc) is 2.64. The molecular formula is C19H24FN3O4. The molecule has 0 fully saturated rings. The van der Waals surface area contributed by atoms with Crippen molar-refractivity contribution in [1.29, 1.82) is 5.26 Å². The maximum Gasteiger partial charge on any atom is 0.328 e. The van der Waals surface area contributed by atoms with Crippen molar-refractivity contribution in [2.24, 2.45) is 0 Å². The van der Waals surface area contributed by atoms with E-state index in [1.807, 2.05) is 6.07 Å². The number of carbonyl (C=O) groups excluding carboxylic acids is 3. The van der Waals surface area contributed by atoms with E-state index in [4.69, 9.17) is 10.00 Å². The van der Waals surface area contributed by atoms with Crippen LogP contribution in [0.5, 0.6) is 0 Å². The molecule has 0 aromatic heterocycles. The van der Waals surface area contributed by atoms with Gasteiger partial charge >= 0.3 is 5.97 Å². The molecule has 0 bridgehead atoms. The van der Waals surface area contributed by atoms with Gasteiger partial charge in [0, 0.05) is 19.8 Å². The number of nitrogens with one attached hydrogen (secondary N) is 2. The first-order chi connectivity index (χ1) is 12.9. The number of hydrogen-bond acceptors (Lipinski definition) is 5. The predicted octanol–water partition coefficient (Wildman–Crippen LogP) is 1.61. The highest BCUT2D eigenvalue weighted by Gasteiger charge is 2.26. The summed E-state index contributed by atoms with van der Waals surface area (Å²) < 4.78 is 17.8. The highest BCUT2D eigenvalue weighted by Crippen LogP contribution is 2.09. The van der Waals surface area contributed by atoms with Crippen molar-refractivity contribution in [3.8, 4) is 6.07 Å². The van der Waals surface area contributed by atoms with E-state index in [1.165, 1.54) is 38.3 Å². The number of methoxy groups -OCH3 is 1. The van der Waals surface area contributed by atoms with Crippen LogP contribution < -0.4 is 10.6 Å². The SMILES string of the molecule is COC(=O)[C@H](CCCCC#N)NC(=O)[C@@H](Cc1ccc(F)cc1)NC(C)=O. The van der Waals surface area contributed by atoms with Gasteiger partial charge in [-0.25, -0.2) is 9.18 Å². The van der Waals surface area contributed by atoms with Crippen LogP contribution in [0.4, 0.5) is 4.39 Å². The number of halogens is 1. The van der Waals surface area contributed by atoms with Crippen molar-refractivity contribution in [2.45, 2.75) is 51.1 Å². The topological polar surface area (TPSA) is 108 Å². The van der Waals surface area contributed by atoms with E-state index >= 15 is 0 Å². The molecule has 1 aromatic carbocycles. The van der Waals surface area contributed by atoms with Crippen LogP contribution in [-0.4, -0.2) is 37.0 Å². The Balaban J connectivity index is 2.81. The fourth-order valence-electron chi connectivity index (χ4n) is 2.53. The van der Waals surface area contributed by atoms with Gasteiger partial charge < -0.3 is 15.4 Å². The summed E-state index contributed by atoms with van der Waals surface area (Å²) in [6, 6.07) is 5.82. The third-order valence-corrected chi connectivity index (χ3v) is 3.88. The maximum absolute atomic E-state index is 13.0. The summed E-state index contributed by atoms with van der Waals surface area (Å²) in [7, 11) is 1.22. The van der Waals surface area contributed by atoms with E-state index in [-0.39, 0.29) is 6.42 Å². The van der Waals surface area contributed by atoms with Gasteiger partial charge in [0.05, 0.1) is 13.2 Å². The molecule has 7 nitrogen and oxygen atoms in total. The normalized spacial score (nSPS) is 12.4. The molecule has 2 amide bonds. The Kier molecular flexibility index (Phi) is 9.51. The highest BCUT2D eigenvalue weighted by atomic mass is 19.1. The molecular weight excluding hydrogens is 353 g/mol. The van der Waals surface area contributed by atoms with Gasteiger partial charge in [-0.05, 0) is 37.0 Å².